The summed E-state index contributed by atoms with van der Waals surface area (Å²) in [7, 11) is 1.57. The molecule has 0 saturated heterocycles. The lowest BCUT2D eigenvalue weighted by Crippen LogP contribution is -2.51. The highest BCUT2D eigenvalue weighted by Crippen LogP contribution is 2.22. The molecule has 0 bridgehead atoms. The summed E-state index contributed by atoms with van der Waals surface area (Å²) in [6.45, 7) is 2.29. The molecule has 0 saturated carbocycles. The Hall–Kier alpha value is -2.24. The minimum Gasteiger partial charge on any atom is -0.497 e. The molecule has 0 spiro atoms. The number of hydrogen-bond acceptors (Lipinski definition) is 4. The minimum atomic E-state index is -1.02. The SMILES string of the molecule is COc1ccc(C(C)(NCCN=[N+]=[N-])C(N)=O)cc1. The second-order valence-electron chi connectivity index (χ2n) is 4.10. The molecule has 1 atom stereocenters. The maximum Gasteiger partial charge on any atom is 0.242 e. The van der Waals surface area contributed by atoms with E-state index in [1.165, 1.54) is 0 Å². The Kier molecular flexibility index (Phi) is 5.17. The Morgan fingerprint density at radius 3 is 2.63 bits per heavy atom. The highest BCUT2D eigenvalue weighted by Gasteiger charge is 2.32. The Balaban J connectivity index is 2.90. The summed E-state index contributed by atoms with van der Waals surface area (Å²) >= 11 is 0. The number of nitrogens with zero attached hydrogens (tertiary/aromatic N) is 3. The number of amides is 1. The van der Waals surface area contributed by atoms with Gasteiger partial charge in [-0.2, -0.15) is 0 Å². The summed E-state index contributed by atoms with van der Waals surface area (Å²) in [6, 6.07) is 7.05. The van der Waals surface area contributed by atoms with Crippen LogP contribution in [0, 0.1) is 0 Å². The van der Waals surface area contributed by atoms with Crippen molar-refractivity contribution in [2.75, 3.05) is 20.2 Å². The van der Waals surface area contributed by atoms with Gasteiger partial charge in [0.15, 0.2) is 0 Å². The molecule has 3 N–H and O–H groups in total. The first kappa shape index (κ1) is 14.8. The van der Waals surface area contributed by atoms with Crippen molar-refractivity contribution < 1.29 is 9.53 Å². The molecule has 0 aliphatic heterocycles. The number of nitrogens with two attached hydrogens (primary N) is 1. The first-order valence-electron chi connectivity index (χ1n) is 5.75. The van der Waals surface area contributed by atoms with Gasteiger partial charge in [0.2, 0.25) is 5.91 Å². The van der Waals surface area contributed by atoms with E-state index < -0.39 is 11.4 Å². The van der Waals surface area contributed by atoms with Gasteiger partial charge in [-0.15, -0.1) is 0 Å². The van der Waals surface area contributed by atoms with Crippen molar-refractivity contribution in [1.82, 2.24) is 5.32 Å². The van der Waals surface area contributed by atoms with Crippen molar-refractivity contribution in [1.29, 1.82) is 0 Å². The van der Waals surface area contributed by atoms with E-state index in [9.17, 15) is 4.79 Å². The van der Waals surface area contributed by atoms with Crippen LogP contribution in [-0.4, -0.2) is 26.1 Å². The molecule has 1 aromatic carbocycles. The molecular formula is C12H17N5O2. The summed E-state index contributed by atoms with van der Waals surface area (Å²) in [5, 5.41) is 6.41. The van der Waals surface area contributed by atoms with Crippen LogP contribution in [0.25, 0.3) is 10.4 Å². The second-order valence-corrected chi connectivity index (χ2v) is 4.10. The van der Waals surface area contributed by atoms with Crippen molar-refractivity contribution in [3.05, 3.63) is 40.3 Å². The third-order valence-electron chi connectivity index (χ3n) is 2.91. The van der Waals surface area contributed by atoms with Gasteiger partial charge < -0.3 is 10.5 Å². The lowest BCUT2D eigenvalue weighted by atomic mass is 9.91. The van der Waals surface area contributed by atoms with E-state index in [1.807, 2.05) is 0 Å². The Morgan fingerprint density at radius 1 is 1.53 bits per heavy atom. The normalized spacial score (nSPS) is 13.2. The number of methoxy groups -OCH3 is 1. The number of carbonyl (C=O) groups excluding carboxylic acids is 1. The predicted molar refractivity (Wildman–Crippen MR) is 71.6 cm³/mol. The topological polar surface area (TPSA) is 113 Å². The summed E-state index contributed by atoms with van der Waals surface area (Å²) in [6.07, 6.45) is 0. The maximum atomic E-state index is 11.7. The molecule has 0 aromatic heterocycles. The minimum absolute atomic E-state index is 0.246. The third kappa shape index (κ3) is 3.61. The van der Waals surface area contributed by atoms with Crippen LogP contribution in [0.2, 0.25) is 0 Å². The fourth-order valence-corrected chi connectivity index (χ4v) is 1.66. The first-order chi connectivity index (χ1) is 9.04. The number of rotatable bonds is 7. The number of hydrogen-bond donors (Lipinski definition) is 2. The molecule has 7 nitrogen and oxygen atoms in total. The fraction of sp³-hybridized carbons (Fsp3) is 0.417. The van der Waals surface area contributed by atoms with Gasteiger partial charge in [0.05, 0.1) is 7.11 Å². The van der Waals surface area contributed by atoms with E-state index in [1.54, 1.807) is 38.3 Å². The predicted octanol–water partition coefficient (Wildman–Crippen LogP) is 1.30. The average Bonchev–Trinajstić information content (AvgIpc) is 2.43. The van der Waals surface area contributed by atoms with Gasteiger partial charge in [-0.1, -0.05) is 17.2 Å². The molecule has 0 aliphatic rings. The molecule has 0 heterocycles. The number of benzene rings is 1. The zero-order valence-corrected chi connectivity index (χ0v) is 11.0. The van der Waals surface area contributed by atoms with E-state index in [-0.39, 0.29) is 6.54 Å². The van der Waals surface area contributed by atoms with Crippen molar-refractivity contribution in [3.63, 3.8) is 0 Å². The van der Waals surface area contributed by atoms with Gasteiger partial charge in [-0.3, -0.25) is 10.1 Å². The largest absolute Gasteiger partial charge is 0.497 e. The van der Waals surface area contributed by atoms with Crippen LogP contribution in [-0.2, 0) is 10.3 Å². The van der Waals surface area contributed by atoms with Crippen LogP contribution in [0.5, 0.6) is 5.75 Å². The molecule has 0 aliphatic carbocycles. The fourth-order valence-electron chi connectivity index (χ4n) is 1.66. The molecule has 19 heavy (non-hydrogen) atoms. The van der Waals surface area contributed by atoms with Crippen molar-refractivity contribution >= 4 is 5.91 Å². The molecule has 1 aromatic rings. The van der Waals surface area contributed by atoms with Crippen LogP contribution in [0.3, 0.4) is 0 Å². The van der Waals surface area contributed by atoms with E-state index in [2.05, 4.69) is 15.3 Å². The zero-order valence-electron chi connectivity index (χ0n) is 11.0. The molecule has 0 fully saturated rings. The monoisotopic (exact) mass is 263 g/mol. The number of ether oxygens (including phenoxy) is 1. The summed E-state index contributed by atoms with van der Waals surface area (Å²) in [5.41, 5.74) is 13.4. The number of azide groups is 1. The van der Waals surface area contributed by atoms with Crippen LogP contribution in [0.1, 0.15) is 12.5 Å². The highest BCUT2D eigenvalue weighted by molar-refractivity contribution is 5.85. The van der Waals surface area contributed by atoms with Gasteiger partial charge in [-0.05, 0) is 30.2 Å². The van der Waals surface area contributed by atoms with Crippen LogP contribution in [0.4, 0.5) is 0 Å². The molecular weight excluding hydrogens is 246 g/mol. The number of primary amides is 1. The standard InChI is InChI=1S/C12H17N5O2/c1-12(11(13)18,15-7-8-16-17-14)9-3-5-10(19-2)6-4-9/h3-6,15H,7-8H2,1-2H3,(H2,13,18). The lowest BCUT2D eigenvalue weighted by Gasteiger charge is -2.28. The Labute approximate surface area is 111 Å². The van der Waals surface area contributed by atoms with Gasteiger partial charge in [0, 0.05) is 18.0 Å². The molecule has 102 valence electrons. The van der Waals surface area contributed by atoms with Gasteiger partial charge >= 0.3 is 0 Å². The molecule has 7 heteroatoms. The van der Waals surface area contributed by atoms with E-state index >= 15 is 0 Å². The molecule has 1 rings (SSSR count). The third-order valence-corrected chi connectivity index (χ3v) is 2.91. The maximum absolute atomic E-state index is 11.7. The number of carbonyl (C=O) groups is 1. The molecule has 1 amide bonds. The summed E-state index contributed by atoms with van der Waals surface area (Å²) < 4.78 is 5.06. The van der Waals surface area contributed by atoms with Crippen molar-refractivity contribution in [3.8, 4) is 5.75 Å². The number of nitrogens with one attached hydrogen (secondary N) is 1. The molecule has 0 radical (unpaired) electrons. The van der Waals surface area contributed by atoms with E-state index in [0.29, 0.717) is 12.3 Å². The summed E-state index contributed by atoms with van der Waals surface area (Å²) in [5.74, 6) is 0.197. The zero-order chi connectivity index (χ0) is 14.3. The van der Waals surface area contributed by atoms with Crippen molar-refractivity contribution in [2.24, 2.45) is 10.8 Å². The highest BCUT2D eigenvalue weighted by atomic mass is 16.5. The smallest absolute Gasteiger partial charge is 0.242 e. The van der Waals surface area contributed by atoms with Gasteiger partial charge in [-0.25, -0.2) is 0 Å². The van der Waals surface area contributed by atoms with E-state index in [0.717, 1.165) is 5.56 Å². The van der Waals surface area contributed by atoms with Crippen LogP contribution >= 0.6 is 0 Å². The Morgan fingerprint density at radius 2 is 2.16 bits per heavy atom. The first-order valence-corrected chi connectivity index (χ1v) is 5.75. The Bertz CT molecular complexity index is 481. The van der Waals surface area contributed by atoms with E-state index in [4.69, 9.17) is 16.0 Å². The van der Waals surface area contributed by atoms with Crippen LogP contribution in [0.15, 0.2) is 29.4 Å². The van der Waals surface area contributed by atoms with Gasteiger partial charge in [0.1, 0.15) is 11.3 Å². The van der Waals surface area contributed by atoms with Crippen LogP contribution < -0.4 is 15.8 Å². The van der Waals surface area contributed by atoms with Crippen molar-refractivity contribution in [2.45, 2.75) is 12.5 Å². The average molecular weight is 263 g/mol. The second kappa shape index (κ2) is 6.63. The molecule has 1 unspecified atom stereocenters. The summed E-state index contributed by atoms with van der Waals surface area (Å²) in [4.78, 5) is 14.3. The van der Waals surface area contributed by atoms with Gasteiger partial charge in [0.25, 0.3) is 0 Å². The quantitative estimate of drug-likeness (QED) is 0.334. The lowest BCUT2D eigenvalue weighted by molar-refractivity contribution is -0.124.